The van der Waals surface area contributed by atoms with E-state index in [0.29, 0.717) is 5.92 Å². The van der Waals surface area contributed by atoms with Crippen LogP contribution in [0.1, 0.15) is 25.8 Å². The van der Waals surface area contributed by atoms with E-state index in [2.05, 4.69) is 36.7 Å². The second-order valence-electron chi connectivity index (χ2n) is 4.78. The van der Waals surface area contributed by atoms with Crippen LogP contribution < -0.4 is 5.73 Å². The van der Waals surface area contributed by atoms with Crippen molar-refractivity contribution in [3.63, 3.8) is 0 Å². The Hall–Kier alpha value is -2.09. The zero-order chi connectivity index (χ0) is 15.0. The van der Waals surface area contributed by atoms with E-state index in [0.717, 1.165) is 17.7 Å². The minimum Gasteiger partial charge on any atom is -0.405 e. The molecule has 0 aliphatic heterocycles. The molecule has 2 N–H and O–H groups in total. The highest BCUT2D eigenvalue weighted by atomic mass is 14.7. The molecule has 0 aromatic heterocycles. The molecule has 106 valence electrons. The molecule has 0 amide bonds. The van der Waals surface area contributed by atoms with Crippen LogP contribution in [0.25, 0.3) is 5.57 Å². The lowest BCUT2D eigenvalue weighted by molar-refractivity contribution is 0.753. The summed E-state index contributed by atoms with van der Waals surface area (Å²) in [5.41, 5.74) is 9.94. The summed E-state index contributed by atoms with van der Waals surface area (Å²) < 4.78 is 0. The van der Waals surface area contributed by atoms with Crippen molar-refractivity contribution in [3.05, 3.63) is 66.4 Å². The lowest BCUT2D eigenvalue weighted by Gasteiger charge is -2.17. The number of rotatable bonds is 6. The zero-order valence-corrected chi connectivity index (χ0v) is 12.6. The van der Waals surface area contributed by atoms with E-state index in [1.165, 1.54) is 17.3 Å². The first-order valence-electron chi connectivity index (χ1n) is 6.88. The van der Waals surface area contributed by atoms with E-state index in [9.17, 15) is 0 Å². The van der Waals surface area contributed by atoms with Gasteiger partial charge in [0.1, 0.15) is 0 Å². The quantitative estimate of drug-likeness (QED) is 0.771. The van der Waals surface area contributed by atoms with Crippen molar-refractivity contribution in [2.24, 2.45) is 16.6 Å². The Balaban J connectivity index is 2.84. The third-order valence-electron chi connectivity index (χ3n) is 3.44. The number of hydrogen-bond donors (Lipinski definition) is 1. The van der Waals surface area contributed by atoms with Gasteiger partial charge in [-0.1, -0.05) is 49.9 Å². The highest BCUT2D eigenvalue weighted by Crippen LogP contribution is 2.27. The normalized spacial score (nSPS) is 14.6. The molecule has 20 heavy (non-hydrogen) atoms. The topological polar surface area (TPSA) is 38.4 Å². The second kappa shape index (κ2) is 8.16. The molecule has 0 radical (unpaired) electrons. The molecule has 1 aromatic carbocycles. The highest BCUT2D eigenvalue weighted by molar-refractivity contribution is 6.08. The van der Waals surface area contributed by atoms with Crippen LogP contribution in [0.2, 0.25) is 0 Å². The fraction of sp³-hybridized carbons (Fsp3) is 0.278. The first-order chi connectivity index (χ1) is 9.63. The predicted molar refractivity (Wildman–Crippen MR) is 89.7 cm³/mol. The van der Waals surface area contributed by atoms with Crippen LogP contribution in [0.5, 0.6) is 0 Å². The number of hydrogen-bond acceptors (Lipinski definition) is 2. The number of aliphatic imine (C=N–C) groups is 1. The third kappa shape index (κ3) is 4.23. The Morgan fingerprint density at radius 3 is 2.50 bits per heavy atom. The molecule has 0 spiro atoms. The van der Waals surface area contributed by atoms with Crippen LogP contribution in [-0.2, 0) is 0 Å². The third-order valence-corrected chi connectivity index (χ3v) is 3.44. The smallest absolute Gasteiger partial charge is 0.0613 e. The zero-order valence-electron chi connectivity index (χ0n) is 12.6. The average molecular weight is 268 g/mol. The van der Waals surface area contributed by atoms with Gasteiger partial charge in [0.15, 0.2) is 0 Å². The minimum absolute atomic E-state index is 0.353. The molecule has 0 unspecified atom stereocenters. The van der Waals surface area contributed by atoms with Crippen molar-refractivity contribution in [2.45, 2.75) is 20.3 Å². The fourth-order valence-corrected chi connectivity index (χ4v) is 2.18. The van der Waals surface area contributed by atoms with Gasteiger partial charge in [0.25, 0.3) is 0 Å². The van der Waals surface area contributed by atoms with Crippen LogP contribution in [0.4, 0.5) is 0 Å². The number of nitrogens with zero attached hydrogens (tertiary/aromatic N) is 1. The van der Waals surface area contributed by atoms with Gasteiger partial charge >= 0.3 is 0 Å². The molecule has 1 aromatic rings. The van der Waals surface area contributed by atoms with Gasteiger partial charge in [0.2, 0.25) is 0 Å². The van der Waals surface area contributed by atoms with Gasteiger partial charge in [-0.25, -0.2) is 0 Å². The monoisotopic (exact) mass is 268 g/mol. The predicted octanol–water partition coefficient (Wildman–Crippen LogP) is 4.22. The SMILES string of the molecule is C=C(c1ccccc1)[C@@H](C)C/C(=C\C)C(/C=C\N)=NC. The summed E-state index contributed by atoms with van der Waals surface area (Å²) in [4.78, 5) is 4.29. The van der Waals surface area contributed by atoms with Gasteiger partial charge in [-0.15, -0.1) is 0 Å². The Kier molecular flexibility index (Phi) is 6.51. The van der Waals surface area contributed by atoms with Gasteiger partial charge in [-0.3, -0.25) is 4.99 Å². The van der Waals surface area contributed by atoms with E-state index in [-0.39, 0.29) is 0 Å². The molecule has 2 nitrogen and oxygen atoms in total. The van der Waals surface area contributed by atoms with Crippen molar-refractivity contribution in [3.8, 4) is 0 Å². The molecule has 2 heteroatoms. The van der Waals surface area contributed by atoms with E-state index in [1.54, 1.807) is 7.05 Å². The summed E-state index contributed by atoms with van der Waals surface area (Å²) in [7, 11) is 1.79. The Morgan fingerprint density at radius 2 is 2.00 bits per heavy atom. The van der Waals surface area contributed by atoms with Crippen molar-refractivity contribution >= 4 is 11.3 Å². The van der Waals surface area contributed by atoms with Gasteiger partial charge in [-0.05, 0) is 48.2 Å². The first kappa shape index (κ1) is 16.0. The Labute approximate surface area is 122 Å². The van der Waals surface area contributed by atoms with Crippen molar-refractivity contribution in [2.75, 3.05) is 7.05 Å². The molecule has 0 heterocycles. The van der Waals surface area contributed by atoms with E-state index in [4.69, 9.17) is 5.73 Å². The summed E-state index contributed by atoms with van der Waals surface area (Å²) in [6, 6.07) is 10.3. The lowest BCUT2D eigenvalue weighted by atomic mass is 9.88. The molecule has 0 aliphatic carbocycles. The molecule has 1 rings (SSSR count). The first-order valence-corrected chi connectivity index (χ1v) is 6.88. The summed E-state index contributed by atoms with van der Waals surface area (Å²) in [6.07, 6.45) is 6.37. The maximum atomic E-state index is 5.47. The molecular weight excluding hydrogens is 244 g/mol. The van der Waals surface area contributed by atoms with Gasteiger partial charge in [0.05, 0.1) is 5.71 Å². The molecule has 0 saturated carbocycles. The molecule has 0 bridgehead atoms. The maximum absolute atomic E-state index is 5.47. The lowest BCUT2D eigenvalue weighted by Crippen LogP contribution is -2.07. The van der Waals surface area contributed by atoms with Crippen LogP contribution in [0.3, 0.4) is 0 Å². The van der Waals surface area contributed by atoms with E-state index >= 15 is 0 Å². The Bertz CT molecular complexity index is 522. The molecule has 1 atom stereocenters. The second-order valence-corrected chi connectivity index (χ2v) is 4.78. The number of benzene rings is 1. The van der Waals surface area contributed by atoms with Gasteiger partial charge in [0, 0.05) is 7.05 Å². The van der Waals surface area contributed by atoms with E-state index < -0.39 is 0 Å². The van der Waals surface area contributed by atoms with Crippen LogP contribution in [0.15, 0.2) is 65.8 Å². The summed E-state index contributed by atoms with van der Waals surface area (Å²) >= 11 is 0. The summed E-state index contributed by atoms with van der Waals surface area (Å²) in [5.74, 6) is 0.353. The maximum Gasteiger partial charge on any atom is 0.0613 e. The van der Waals surface area contributed by atoms with E-state index in [1.807, 2.05) is 31.2 Å². The number of nitrogens with two attached hydrogens (primary N) is 1. The number of allylic oxidation sites excluding steroid dienone is 4. The van der Waals surface area contributed by atoms with Crippen LogP contribution in [-0.4, -0.2) is 12.8 Å². The van der Waals surface area contributed by atoms with Crippen LogP contribution in [0, 0.1) is 5.92 Å². The van der Waals surface area contributed by atoms with Gasteiger partial charge in [-0.2, -0.15) is 0 Å². The van der Waals surface area contributed by atoms with Crippen LogP contribution >= 0.6 is 0 Å². The standard InChI is InChI=1S/C18H24N2/c1-5-16(18(20-4)11-12-19)13-14(2)15(3)17-9-7-6-8-10-17/h5-12,14H,3,13,19H2,1-2,4H3/b12-11-,16-5+,20-18?/t14-/m0/s1. The fourth-order valence-electron chi connectivity index (χ4n) is 2.18. The largest absolute Gasteiger partial charge is 0.405 e. The van der Waals surface area contributed by atoms with Crippen molar-refractivity contribution in [1.29, 1.82) is 0 Å². The Morgan fingerprint density at radius 1 is 1.35 bits per heavy atom. The van der Waals surface area contributed by atoms with Gasteiger partial charge < -0.3 is 5.73 Å². The molecular formula is C18H24N2. The minimum atomic E-state index is 0.353. The average Bonchev–Trinajstić information content (AvgIpc) is 2.50. The summed E-state index contributed by atoms with van der Waals surface area (Å²) in [5, 5.41) is 0. The summed E-state index contributed by atoms with van der Waals surface area (Å²) in [6.45, 7) is 8.46. The molecule has 0 fully saturated rings. The molecule has 0 aliphatic rings. The van der Waals surface area contributed by atoms with Crippen molar-refractivity contribution < 1.29 is 0 Å². The molecule has 0 saturated heterocycles. The highest BCUT2D eigenvalue weighted by Gasteiger charge is 2.13. The van der Waals surface area contributed by atoms with Crippen molar-refractivity contribution in [1.82, 2.24) is 0 Å².